The third-order valence-corrected chi connectivity index (χ3v) is 3.37. The van der Waals surface area contributed by atoms with Crippen LogP contribution in [0.3, 0.4) is 0 Å². The maximum atomic E-state index is 11.9. The number of furan rings is 1. The van der Waals surface area contributed by atoms with Gasteiger partial charge in [-0.2, -0.15) is 0 Å². The van der Waals surface area contributed by atoms with Gasteiger partial charge < -0.3 is 9.73 Å². The van der Waals surface area contributed by atoms with E-state index in [-0.39, 0.29) is 11.8 Å². The second-order valence-corrected chi connectivity index (χ2v) is 4.66. The molecule has 18 heavy (non-hydrogen) atoms. The Balaban J connectivity index is 1.53. The molecule has 1 N–H and O–H groups in total. The lowest BCUT2D eigenvalue weighted by Crippen LogP contribution is -2.24. The molecule has 0 aliphatic heterocycles. The molecule has 1 aromatic carbocycles. The summed E-state index contributed by atoms with van der Waals surface area (Å²) in [5, 5.41) is 2.91. The molecule has 1 aliphatic rings. The summed E-state index contributed by atoms with van der Waals surface area (Å²) in [6.07, 6.45) is 2.57. The molecular weight excluding hydrogens is 226 g/mol. The van der Waals surface area contributed by atoms with E-state index in [2.05, 4.69) is 17.4 Å². The third kappa shape index (κ3) is 2.30. The Labute approximate surface area is 106 Å². The van der Waals surface area contributed by atoms with Crippen molar-refractivity contribution in [2.45, 2.75) is 18.9 Å². The van der Waals surface area contributed by atoms with Gasteiger partial charge in [-0.15, -0.1) is 0 Å². The van der Waals surface area contributed by atoms with Gasteiger partial charge in [-0.05, 0) is 30.0 Å². The number of hydrogen-bond donors (Lipinski definition) is 1. The van der Waals surface area contributed by atoms with Crippen LogP contribution in [-0.2, 0) is 11.3 Å². The van der Waals surface area contributed by atoms with Crippen molar-refractivity contribution >= 4 is 5.91 Å². The Morgan fingerprint density at radius 1 is 1.22 bits per heavy atom. The van der Waals surface area contributed by atoms with E-state index >= 15 is 0 Å². The van der Waals surface area contributed by atoms with Crippen LogP contribution in [0.5, 0.6) is 0 Å². The summed E-state index contributed by atoms with van der Waals surface area (Å²) in [6, 6.07) is 13.9. The highest BCUT2D eigenvalue weighted by Crippen LogP contribution is 2.47. The number of benzene rings is 1. The van der Waals surface area contributed by atoms with E-state index < -0.39 is 0 Å². The number of rotatable bonds is 4. The van der Waals surface area contributed by atoms with E-state index in [1.54, 1.807) is 6.26 Å². The van der Waals surface area contributed by atoms with Crippen LogP contribution in [0.25, 0.3) is 0 Å². The summed E-state index contributed by atoms with van der Waals surface area (Å²) in [7, 11) is 0. The van der Waals surface area contributed by atoms with Crippen molar-refractivity contribution in [1.82, 2.24) is 5.32 Å². The largest absolute Gasteiger partial charge is 0.467 e. The zero-order valence-corrected chi connectivity index (χ0v) is 10.0. The standard InChI is InChI=1S/C15H15NO2/c17-15(16-10-12-7-4-8-18-12)14-9-13(14)11-5-2-1-3-6-11/h1-8,13-14H,9-10H2,(H,16,17)/t13-,14+/m0/s1. The molecule has 3 heteroatoms. The van der Waals surface area contributed by atoms with E-state index in [1.165, 1.54) is 5.56 Å². The Bertz CT molecular complexity index is 519. The number of hydrogen-bond acceptors (Lipinski definition) is 2. The van der Waals surface area contributed by atoms with Crippen LogP contribution in [0.15, 0.2) is 53.1 Å². The van der Waals surface area contributed by atoms with Gasteiger partial charge in [0, 0.05) is 5.92 Å². The molecule has 0 saturated heterocycles. The Hall–Kier alpha value is -2.03. The van der Waals surface area contributed by atoms with E-state index in [9.17, 15) is 4.79 Å². The Morgan fingerprint density at radius 3 is 2.78 bits per heavy atom. The summed E-state index contributed by atoms with van der Waals surface area (Å²) in [4.78, 5) is 11.9. The first-order valence-corrected chi connectivity index (χ1v) is 6.19. The highest BCUT2D eigenvalue weighted by atomic mass is 16.3. The maximum Gasteiger partial charge on any atom is 0.224 e. The van der Waals surface area contributed by atoms with Crippen molar-refractivity contribution in [3.8, 4) is 0 Å². The summed E-state index contributed by atoms with van der Waals surface area (Å²) < 4.78 is 5.18. The highest BCUT2D eigenvalue weighted by Gasteiger charge is 2.43. The maximum absolute atomic E-state index is 11.9. The number of nitrogens with one attached hydrogen (secondary N) is 1. The Kier molecular flexibility index (Phi) is 2.89. The first-order chi connectivity index (χ1) is 8.84. The Morgan fingerprint density at radius 2 is 2.06 bits per heavy atom. The lowest BCUT2D eigenvalue weighted by Gasteiger charge is -2.03. The predicted molar refractivity (Wildman–Crippen MR) is 67.8 cm³/mol. The zero-order valence-electron chi connectivity index (χ0n) is 10.0. The van der Waals surface area contributed by atoms with E-state index in [4.69, 9.17) is 4.42 Å². The van der Waals surface area contributed by atoms with Gasteiger partial charge in [-0.1, -0.05) is 30.3 Å². The number of carbonyl (C=O) groups excluding carboxylic acids is 1. The van der Waals surface area contributed by atoms with Crippen molar-refractivity contribution < 1.29 is 9.21 Å². The molecule has 0 unspecified atom stereocenters. The molecule has 1 fully saturated rings. The molecule has 1 amide bonds. The second kappa shape index (κ2) is 4.69. The summed E-state index contributed by atoms with van der Waals surface area (Å²) in [5.41, 5.74) is 1.26. The monoisotopic (exact) mass is 241 g/mol. The summed E-state index contributed by atoms with van der Waals surface area (Å²) >= 11 is 0. The lowest BCUT2D eigenvalue weighted by atomic mass is 10.1. The van der Waals surface area contributed by atoms with Gasteiger partial charge in [-0.3, -0.25) is 4.79 Å². The van der Waals surface area contributed by atoms with Crippen LogP contribution < -0.4 is 5.32 Å². The number of amides is 1. The first kappa shape index (κ1) is 11.1. The van der Waals surface area contributed by atoms with Gasteiger partial charge in [0.1, 0.15) is 5.76 Å². The first-order valence-electron chi connectivity index (χ1n) is 6.19. The van der Waals surface area contributed by atoms with Crippen molar-refractivity contribution in [2.75, 3.05) is 0 Å². The molecule has 1 saturated carbocycles. The average molecular weight is 241 g/mol. The van der Waals surface area contributed by atoms with Crippen LogP contribution in [0.2, 0.25) is 0 Å². The smallest absolute Gasteiger partial charge is 0.224 e. The molecule has 2 atom stereocenters. The molecule has 92 valence electrons. The molecule has 0 radical (unpaired) electrons. The molecule has 1 aromatic heterocycles. The minimum absolute atomic E-state index is 0.125. The topological polar surface area (TPSA) is 42.2 Å². The van der Waals surface area contributed by atoms with Crippen LogP contribution >= 0.6 is 0 Å². The highest BCUT2D eigenvalue weighted by molar-refractivity contribution is 5.82. The molecule has 3 nitrogen and oxygen atoms in total. The zero-order chi connectivity index (χ0) is 12.4. The fraction of sp³-hybridized carbons (Fsp3) is 0.267. The van der Waals surface area contributed by atoms with Gasteiger partial charge in [0.05, 0.1) is 12.8 Å². The summed E-state index contributed by atoms with van der Waals surface area (Å²) in [5.74, 6) is 1.44. The van der Waals surface area contributed by atoms with Crippen LogP contribution in [0, 0.1) is 5.92 Å². The minimum atomic E-state index is 0.125. The molecular formula is C15H15NO2. The minimum Gasteiger partial charge on any atom is -0.467 e. The average Bonchev–Trinajstić information content (AvgIpc) is 3.05. The van der Waals surface area contributed by atoms with Crippen molar-refractivity contribution in [3.05, 3.63) is 60.1 Å². The summed E-state index contributed by atoms with van der Waals surface area (Å²) in [6.45, 7) is 0.476. The van der Waals surface area contributed by atoms with E-state index in [0.717, 1.165) is 12.2 Å². The molecule has 0 spiro atoms. The van der Waals surface area contributed by atoms with E-state index in [1.807, 2.05) is 30.3 Å². The molecule has 1 aliphatic carbocycles. The predicted octanol–water partition coefficient (Wildman–Crippen LogP) is 2.70. The van der Waals surface area contributed by atoms with Crippen LogP contribution in [-0.4, -0.2) is 5.91 Å². The fourth-order valence-corrected chi connectivity index (χ4v) is 2.27. The normalized spacial score (nSPS) is 21.6. The fourth-order valence-electron chi connectivity index (χ4n) is 2.27. The van der Waals surface area contributed by atoms with Crippen molar-refractivity contribution in [1.29, 1.82) is 0 Å². The molecule has 3 rings (SSSR count). The quantitative estimate of drug-likeness (QED) is 0.894. The van der Waals surface area contributed by atoms with Crippen LogP contribution in [0.1, 0.15) is 23.7 Å². The van der Waals surface area contributed by atoms with E-state index in [0.29, 0.717) is 12.5 Å². The lowest BCUT2D eigenvalue weighted by molar-refractivity contribution is -0.122. The van der Waals surface area contributed by atoms with Gasteiger partial charge in [0.2, 0.25) is 5.91 Å². The second-order valence-electron chi connectivity index (χ2n) is 4.66. The molecule has 2 aromatic rings. The van der Waals surface area contributed by atoms with Gasteiger partial charge >= 0.3 is 0 Å². The van der Waals surface area contributed by atoms with Crippen LogP contribution in [0.4, 0.5) is 0 Å². The van der Waals surface area contributed by atoms with Crippen molar-refractivity contribution in [3.63, 3.8) is 0 Å². The van der Waals surface area contributed by atoms with Crippen molar-refractivity contribution in [2.24, 2.45) is 5.92 Å². The van der Waals surface area contributed by atoms with Gasteiger partial charge in [-0.25, -0.2) is 0 Å². The molecule has 0 bridgehead atoms. The third-order valence-electron chi connectivity index (χ3n) is 3.37. The van der Waals surface area contributed by atoms with Gasteiger partial charge in [0.15, 0.2) is 0 Å². The SMILES string of the molecule is O=C(NCc1ccco1)[C@@H]1C[C@H]1c1ccccc1. The number of carbonyl (C=O) groups is 1. The van der Waals surface area contributed by atoms with Gasteiger partial charge in [0.25, 0.3) is 0 Å². The molecule has 1 heterocycles.